The van der Waals surface area contributed by atoms with Crippen molar-refractivity contribution in [2.24, 2.45) is 0 Å². The summed E-state index contributed by atoms with van der Waals surface area (Å²) in [6.45, 7) is 0.365. The largest absolute Gasteiger partial charge is 0.267 e. The van der Waals surface area contributed by atoms with E-state index < -0.39 is 5.82 Å². The molecule has 0 atom stereocenters. The van der Waals surface area contributed by atoms with Crippen molar-refractivity contribution in [3.63, 3.8) is 0 Å². The van der Waals surface area contributed by atoms with Gasteiger partial charge in [0.05, 0.1) is 23.9 Å². The molecule has 2 rings (SSSR count). The molecular weight excluding hydrogens is 219 g/mol. The van der Waals surface area contributed by atoms with Crippen LogP contribution >= 0.6 is 0 Å². The number of nitriles is 2. The van der Waals surface area contributed by atoms with Crippen LogP contribution in [0.1, 0.15) is 16.7 Å². The first kappa shape index (κ1) is 10.8. The van der Waals surface area contributed by atoms with Gasteiger partial charge >= 0.3 is 0 Å². The summed E-state index contributed by atoms with van der Waals surface area (Å²) >= 11 is 0. The summed E-state index contributed by atoms with van der Waals surface area (Å²) in [5.74, 6) is -0.544. The molecule has 0 fully saturated rings. The fourth-order valence-electron chi connectivity index (χ4n) is 1.44. The van der Waals surface area contributed by atoms with Crippen LogP contribution in [0.5, 0.6) is 0 Å². The number of aromatic nitrogens is 2. The highest BCUT2D eigenvalue weighted by molar-refractivity contribution is 5.33. The maximum Gasteiger partial charge on any atom is 0.141 e. The molecule has 1 aromatic heterocycles. The van der Waals surface area contributed by atoms with Gasteiger partial charge in [0.15, 0.2) is 0 Å². The Balaban J connectivity index is 2.23. The van der Waals surface area contributed by atoms with Crippen LogP contribution in [0.15, 0.2) is 30.6 Å². The van der Waals surface area contributed by atoms with E-state index in [1.54, 1.807) is 23.0 Å². The number of halogens is 1. The minimum absolute atomic E-state index is 0.0203. The van der Waals surface area contributed by atoms with Crippen LogP contribution in [0.25, 0.3) is 0 Å². The fourth-order valence-corrected chi connectivity index (χ4v) is 1.44. The number of hydrogen-bond acceptors (Lipinski definition) is 3. The Kier molecular flexibility index (Phi) is 2.85. The molecule has 4 nitrogen and oxygen atoms in total. The summed E-state index contributed by atoms with van der Waals surface area (Å²) in [6.07, 6.45) is 3.02. The summed E-state index contributed by atoms with van der Waals surface area (Å²) in [5, 5.41) is 21.2. The minimum atomic E-state index is -0.544. The van der Waals surface area contributed by atoms with Gasteiger partial charge in [0.1, 0.15) is 18.0 Å². The summed E-state index contributed by atoms with van der Waals surface area (Å²) in [7, 11) is 0. The summed E-state index contributed by atoms with van der Waals surface area (Å²) < 4.78 is 14.9. The van der Waals surface area contributed by atoms with E-state index in [1.165, 1.54) is 18.3 Å². The minimum Gasteiger partial charge on any atom is -0.267 e. The molecule has 17 heavy (non-hydrogen) atoms. The van der Waals surface area contributed by atoms with Crippen LogP contribution in [-0.4, -0.2) is 9.78 Å². The van der Waals surface area contributed by atoms with Crippen LogP contribution in [-0.2, 0) is 6.54 Å². The molecule has 5 heteroatoms. The molecule has 1 aromatic carbocycles. The van der Waals surface area contributed by atoms with E-state index in [1.807, 2.05) is 6.07 Å². The Morgan fingerprint density at radius 3 is 2.71 bits per heavy atom. The van der Waals surface area contributed by atoms with E-state index in [9.17, 15) is 4.39 Å². The smallest absolute Gasteiger partial charge is 0.141 e. The third-order valence-electron chi connectivity index (χ3n) is 2.26. The molecule has 0 aliphatic heterocycles. The zero-order valence-electron chi connectivity index (χ0n) is 8.76. The molecule has 0 saturated heterocycles. The van der Waals surface area contributed by atoms with Gasteiger partial charge in [-0.1, -0.05) is 6.07 Å². The van der Waals surface area contributed by atoms with E-state index in [-0.39, 0.29) is 5.56 Å². The van der Waals surface area contributed by atoms with Crippen molar-refractivity contribution in [1.29, 1.82) is 10.5 Å². The lowest BCUT2D eigenvalue weighted by atomic mass is 10.1. The third kappa shape index (κ3) is 2.30. The van der Waals surface area contributed by atoms with Crippen molar-refractivity contribution in [2.45, 2.75) is 6.54 Å². The van der Waals surface area contributed by atoms with Crippen LogP contribution in [0.2, 0.25) is 0 Å². The van der Waals surface area contributed by atoms with Crippen molar-refractivity contribution >= 4 is 0 Å². The van der Waals surface area contributed by atoms with Crippen LogP contribution in [0.4, 0.5) is 4.39 Å². The van der Waals surface area contributed by atoms with Gasteiger partial charge in [0.25, 0.3) is 0 Å². The molecule has 0 unspecified atom stereocenters. The van der Waals surface area contributed by atoms with E-state index in [2.05, 4.69) is 5.10 Å². The van der Waals surface area contributed by atoms with Crippen LogP contribution < -0.4 is 0 Å². The van der Waals surface area contributed by atoms with E-state index >= 15 is 0 Å². The first-order valence-electron chi connectivity index (χ1n) is 4.84. The molecule has 0 saturated carbocycles. The highest BCUT2D eigenvalue weighted by Gasteiger charge is 2.04. The number of benzene rings is 1. The van der Waals surface area contributed by atoms with Crippen molar-refractivity contribution < 1.29 is 4.39 Å². The van der Waals surface area contributed by atoms with E-state index in [0.29, 0.717) is 17.7 Å². The quantitative estimate of drug-likeness (QED) is 0.784. The average molecular weight is 226 g/mol. The highest BCUT2D eigenvalue weighted by Crippen LogP contribution is 2.10. The maximum atomic E-state index is 13.3. The predicted molar refractivity (Wildman–Crippen MR) is 57.2 cm³/mol. The van der Waals surface area contributed by atoms with Gasteiger partial charge < -0.3 is 0 Å². The topological polar surface area (TPSA) is 65.4 Å². The van der Waals surface area contributed by atoms with Crippen molar-refractivity contribution in [2.75, 3.05) is 0 Å². The zero-order valence-corrected chi connectivity index (χ0v) is 8.76. The van der Waals surface area contributed by atoms with E-state index in [0.717, 1.165) is 0 Å². The van der Waals surface area contributed by atoms with Gasteiger partial charge in [-0.3, -0.25) is 4.68 Å². The lowest BCUT2D eigenvalue weighted by Crippen LogP contribution is -2.00. The predicted octanol–water partition coefficient (Wildman–Crippen LogP) is 1.81. The Morgan fingerprint density at radius 2 is 2.12 bits per heavy atom. The Labute approximate surface area is 97.1 Å². The molecule has 0 aliphatic rings. The first-order chi connectivity index (χ1) is 8.22. The van der Waals surface area contributed by atoms with Gasteiger partial charge in [0, 0.05) is 6.20 Å². The molecule has 2 aromatic rings. The van der Waals surface area contributed by atoms with Crippen molar-refractivity contribution in [3.8, 4) is 12.1 Å². The summed E-state index contributed by atoms with van der Waals surface area (Å²) in [4.78, 5) is 0. The summed E-state index contributed by atoms with van der Waals surface area (Å²) in [5.41, 5.74) is 1.17. The van der Waals surface area contributed by atoms with Crippen molar-refractivity contribution in [1.82, 2.24) is 9.78 Å². The number of nitrogens with zero attached hydrogens (tertiary/aromatic N) is 4. The Hall–Kier alpha value is -2.66. The second-order valence-corrected chi connectivity index (χ2v) is 3.46. The average Bonchev–Trinajstić information content (AvgIpc) is 2.77. The van der Waals surface area contributed by atoms with Crippen LogP contribution in [0, 0.1) is 28.5 Å². The lowest BCUT2D eigenvalue weighted by molar-refractivity contribution is 0.615. The molecule has 0 bridgehead atoms. The molecule has 0 radical (unpaired) electrons. The standard InChI is InChI=1S/C12H7FN4/c13-12-3-9(1-2-11(12)5-15)7-17-8-10(4-14)6-16-17/h1-3,6,8H,7H2. The Morgan fingerprint density at radius 1 is 1.29 bits per heavy atom. The SMILES string of the molecule is N#Cc1cnn(Cc2ccc(C#N)c(F)c2)c1. The second-order valence-electron chi connectivity index (χ2n) is 3.46. The first-order valence-corrected chi connectivity index (χ1v) is 4.84. The zero-order chi connectivity index (χ0) is 12.3. The highest BCUT2D eigenvalue weighted by atomic mass is 19.1. The van der Waals surface area contributed by atoms with Crippen LogP contribution in [0.3, 0.4) is 0 Å². The second kappa shape index (κ2) is 4.46. The molecule has 0 aliphatic carbocycles. The van der Waals surface area contributed by atoms with Gasteiger partial charge in [-0.15, -0.1) is 0 Å². The number of hydrogen-bond donors (Lipinski definition) is 0. The van der Waals surface area contributed by atoms with Crippen molar-refractivity contribution in [3.05, 3.63) is 53.1 Å². The maximum absolute atomic E-state index is 13.3. The Bertz CT molecular complexity index is 631. The van der Waals surface area contributed by atoms with Gasteiger partial charge in [0.2, 0.25) is 0 Å². The molecular formula is C12H7FN4. The monoisotopic (exact) mass is 226 g/mol. The third-order valence-corrected chi connectivity index (χ3v) is 2.26. The molecule has 0 amide bonds. The summed E-state index contributed by atoms with van der Waals surface area (Å²) in [6, 6.07) is 8.11. The van der Waals surface area contributed by atoms with Gasteiger partial charge in [-0.05, 0) is 17.7 Å². The molecule has 0 N–H and O–H groups in total. The fraction of sp³-hybridized carbons (Fsp3) is 0.0833. The molecule has 82 valence electrons. The van der Waals surface area contributed by atoms with Gasteiger partial charge in [-0.25, -0.2) is 4.39 Å². The van der Waals surface area contributed by atoms with Gasteiger partial charge in [-0.2, -0.15) is 15.6 Å². The molecule has 0 spiro atoms. The molecule has 1 heterocycles. The number of rotatable bonds is 2. The normalized spacial score (nSPS) is 9.59. The van der Waals surface area contributed by atoms with E-state index in [4.69, 9.17) is 10.5 Å². The lowest BCUT2D eigenvalue weighted by Gasteiger charge is -2.02.